The van der Waals surface area contributed by atoms with Crippen LogP contribution in [0.1, 0.15) is 204 Å². The molecule has 3 saturated heterocycles. The van der Waals surface area contributed by atoms with Gasteiger partial charge < -0.3 is 64.8 Å². The summed E-state index contributed by atoms with van der Waals surface area (Å²) in [7, 11) is 8.63. The van der Waals surface area contributed by atoms with Gasteiger partial charge in [0.15, 0.2) is 0 Å². The molecule has 0 aromatic carbocycles. The molecule has 4 heterocycles. The lowest BCUT2D eigenvalue weighted by Crippen LogP contribution is -2.71. The molecule has 25 nitrogen and oxygen atoms in total. The molecule has 109 heavy (non-hydrogen) atoms. The maximum absolute atomic E-state index is 15.8. The summed E-state index contributed by atoms with van der Waals surface area (Å²) in [6.45, 7) is 16.1. The number of halogens is 5. The van der Waals surface area contributed by atoms with Gasteiger partial charge in [-0.05, 0) is 158 Å². The minimum absolute atomic E-state index is 0.0175. The molecule has 0 aromatic rings. The summed E-state index contributed by atoms with van der Waals surface area (Å²) in [5.41, 5.74) is -2.23. The molecule has 12 amide bonds. The van der Waals surface area contributed by atoms with Crippen molar-refractivity contribution in [3.8, 4) is 0 Å². The van der Waals surface area contributed by atoms with Gasteiger partial charge in [-0.25, -0.2) is 8.78 Å². The zero-order valence-corrected chi connectivity index (χ0v) is 67.1. The number of carbonyl (C=O) groups excluding carboxylic acids is 12. The van der Waals surface area contributed by atoms with Gasteiger partial charge in [0.2, 0.25) is 70.9 Å². The van der Waals surface area contributed by atoms with E-state index >= 15 is 56.7 Å². The Hall–Kier alpha value is -7.01. The number of alkyl halides is 5. The van der Waals surface area contributed by atoms with E-state index < -0.39 is 204 Å². The van der Waals surface area contributed by atoms with Crippen LogP contribution in [-0.2, 0) is 62.3 Å². The molecule has 30 heteroatoms. The molecule has 1 spiro atoms. The molecule has 8 aliphatic rings. The van der Waals surface area contributed by atoms with Gasteiger partial charge in [-0.15, -0.1) is 0 Å². The lowest BCUT2D eigenvalue weighted by atomic mass is 9.58. The maximum atomic E-state index is 15.8. The smallest absolute Gasteiger partial charge is 0.376 e. The van der Waals surface area contributed by atoms with Crippen LogP contribution in [-0.4, -0.2) is 281 Å². The quantitative estimate of drug-likeness (QED) is 0.124. The summed E-state index contributed by atoms with van der Waals surface area (Å²) in [4.78, 5) is 196. The van der Waals surface area contributed by atoms with E-state index in [9.17, 15) is 22.8 Å². The molecule has 0 aromatic heterocycles. The van der Waals surface area contributed by atoms with Crippen LogP contribution in [0.2, 0.25) is 0 Å². The highest BCUT2D eigenvalue weighted by molar-refractivity contribution is 6.01. The number of rotatable bonds is 13. The zero-order chi connectivity index (χ0) is 80.6. The summed E-state index contributed by atoms with van der Waals surface area (Å²) in [5, 5.41) is 8.71. The maximum Gasteiger partial charge on any atom is 0.397 e. The Morgan fingerprint density at radius 1 is 0.651 bits per heavy atom. The first-order chi connectivity index (χ1) is 51.1. The number of hydrogen-bond acceptors (Lipinski definition) is 13. The molecule has 614 valence electrons. The zero-order valence-electron chi connectivity index (χ0n) is 67.1. The summed E-state index contributed by atoms with van der Waals surface area (Å²) >= 11 is 0. The Bertz CT molecular complexity index is 3290. The van der Waals surface area contributed by atoms with Crippen LogP contribution in [0.15, 0.2) is 12.2 Å². The Labute approximate surface area is 641 Å². The number of nitrogens with zero attached hydrogens (tertiary/aromatic N) is 9. The van der Waals surface area contributed by atoms with Gasteiger partial charge in [0, 0.05) is 75.1 Å². The first-order valence-corrected chi connectivity index (χ1v) is 40.2. The fraction of sp³-hybridized carbons (Fsp3) is 0.823. The van der Waals surface area contributed by atoms with E-state index in [0.717, 1.165) is 30.6 Å². The van der Waals surface area contributed by atoms with Crippen molar-refractivity contribution in [3.63, 3.8) is 0 Å². The molecule has 4 saturated carbocycles. The number of fused-ring (bicyclic) bond motifs is 4. The number of carbonyl (C=O) groups is 12. The molecule has 2 bridgehead atoms. The molecular weight excluding hydrogens is 1420 g/mol. The minimum Gasteiger partial charge on any atom is -0.376 e. The number of amides is 12. The van der Waals surface area contributed by atoms with Gasteiger partial charge in [0.05, 0.1) is 19.1 Å². The summed E-state index contributed by atoms with van der Waals surface area (Å²) in [6, 6.07) is -11.9. The highest BCUT2D eigenvalue weighted by Crippen LogP contribution is 2.50. The van der Waals surface area contributed by atoms with Crippen molar-refractivity contribution in [2.45, 2.75) is 288 Å². The molecule has 7 fully saturated rings. The number of likely N-dealkylation sites (N-methyl/N-ethyl adjacent to an activating group) is 6. The van der Waals surface area contributed by atoms with E-state index in [-0.39, 0.29) is 108 Å². The SMILES string of the molecule is CCO[C@H](C)[C@@H]1NC(=O)[C@H](CC(C)C)N(C)C(=O)C[C@@H](C(=O)N(C)CC)N(C)C(=O)[C@H](C2CCCC2)N(C)C(=O)C2(CC(C)(C)C2)NC(=O)[C@@H]2C[C@H](C)CN2C(=O)[C@H](CCC2CC(F)C(C(F)(F)F)C(F)C2)NC(=O)CN(C)C(=O)[C@H](CC2CCC(C)CC2)N2CC/C=C\C[C@@H](C2=O)N(C)C(=O)[C@@H]2CCCN2C1=O. The van der Waals surface area contributed by atoms with Gasteiger partial charge in [0.1, 0.15) is 78.2 Å². The highest BCUT2D eigenvalue weighted by atomic mass is 19.4. The van der Waals surface area contributed by atoms with Gasteiger partial charge in [0.25, 0.3) is 0 Å². The largest absolute Gasteiger partial charge is 0.397 e. The van der Waals surface area contributed by atoms with Gasteiger partial charge in [-0.2, -0.15) is 13.2 Å². The average molecular weight is 1550 g/mol. The van der Waals surface area contributed by atoms with Crippen molar-refractivity contribution >= 4 is 70.9 Å². The summed E-state index contributed by atoms with van der Waals surface area (Å²) in [5.74, 6) is -12.8. The van der Waals surface area contributed by atoms with Gasteiger partial charge in [-0.1, -0.05) is 92.2 Å². The molecule has 13 atom stereocenters. The van der Waals surface area contributed by atoms with E-state index in [1.807, 2.05) is 33.8 Å². The average Bonchev–Trinajstić information content (AvgIpc) is 1.11. The Balaban J connectivity index is 1.22. The third-order valence-electron chi connectivity index (χ3n) is 25.1. The predicted octanol–water partition coefficient (Wildman–Crippen LogP) is 6.98. The first kappa shape index (κ1) is 87.6. The Morgan fingerprint density at radius 3 is 1.89 bits per heavy atom. The van der Waals surface area contributed by atoms with Crippen molar-refractivity contribution < 1.29 is 84.2 Å². The molecule has 3 N–H and O–H groups in total. The van der Waals surface area contributed by atoms with E-state index in [1.165, 1.54) is 81.5 Å². The lowest BCUT2D eigenvalue weighted by Gasteiger charge is -2.54. The van der Waals surface area contributed by atoms with Crippen molar-refractivity contribution in [1.29, 1.82) is 0 Å². The third-order valence-corrected chi connectivity index (χ3v) is 25.1. The van der Waals surface area contributed by atoms with Crippen LogP contribution in [0.3, 0.4) is 0 Å². The molecule has 8 rings (SSSR count). The van der Waals surface area contributed by atoms with Crippen LogP contribution in [0.4, 0.5) is 22.0 Å². The van der Waals surface area contributed by atoms with Crippen LogP contribution < -0.4 is 16.0 Å². The second-order valence-electron chi connectivity index (χ2n) is 34.5. The standard InChI is InChI=1S/C79H125F5N12O13/c1-16-88(10)70(102)60-41-63(98)90(12)58(36-46(3)4)67(99)86-65(49(7)109-17-2)74(106)94-35-23-27-57(94)72(104)91(13)56-26-19-18-22-34-95(73(56)105)61(40-50-30-28-47(5)29-31-50)71(103)89(11)43-62(97)85-55(33-32-51-38-53(80)64(54(81)39-51)79(82,83)84)69(101)96-42-48(6)37-59(96)68(100)87-78(44-77(8,9)45-78)76(108)93(15)66(75(107)92(60)14)52-24-20-21-25-52/h18-19,46-61,64-66H,16-17,20-45H2,1-15H3,(H,85,97)(H,86,99)(H,87,100)/b19-18-/t47?,48-,49+,50?,51?,53?,54?,55-,56-,57-,58-,59-,60-,61-,64?,65-,66-/m0/s1. The van der Waals surface area contributed by atoms with Crippen LogP contribution in [0, 0.1) is 46.8 Å². The molecular formula is C79H125F5N12O13. The van der Waals surface area contributed by atoms with Crippen molar-refractivity contribution in [3.05, 3.63) is 12.2 Å². The monoisotopic (exact) mass is 1540 g/mol. The van der Waals surface area contributed by atoms with E-state index in [4.69, 9.17) is 4.74 Å². The van der Waals surface area contributed by atoms with Crippen molar-refractivity contribution in [2.75, 3.05) is 81.6 Å². The van der Waals surface area contributed by atoms with E-state index in [1.54, 1.807) is 33.8 Å². The number of hydrogen-bond donors (Lipinski definition) is 3. The topological polar surface area (TPSA) is 279 Å². The predicted molar refractivity (Wildman–Crippen MR) is 397 cm³/mol. The first-order valence-electron chi connectivity index (χ1n) is 40.2. The third kappa shape index (κ3) is 20.6. The lowest BCUT2D eigenvalue weighted by molar-refractivity contribution is -0.219. The molecule has 2 unspecified atom stereocenters. The van der Waals surface area contributed by atoms with E-state index in [0.29, 0.717) is 44.4 Å². The van der Waals surface area contributed by atoms with Crippen molar-refractivity contribution in [2.24, 2.45) is 46.8 Å². The van der Waals surface area contributed by atoms with Crippen LogP contribution >= 0.6 is 0 Å². The van der Waals surface area contributed by atoms with E-state index in [2.05, 4.69) is 22.9 Å². The highest BCUT2D eigenvalue weighted by Gasteiger charge is 2.60. The van der Waals surface area contributed by atoms with Crippen molar-refractivity contribution in [1.82, 2.24) is 60.0 Å². The second-order valence-corrected chi connectivity index (χ2v) is 34.5. The van der Waals surface area contributed by atoms with Gasteiger partial charge in [-0.3, -0.25) is 57.5 Å². The van der Waals surface area contributed by atoms with Crippen LogP contribution in [0.25, 0.3) is 0 Å². The minimum atomic E-state index is -5.17. The normalized spacial score (nSPS) is 33.3. The molecule has 0 radical (unpaired) electrons. The molecule has 4 aliphatic carbocycles. The van der Waals surface area contributed by atoms with Gasteiger partial charge >= 0.3 is 6.18 Å². The fourth-order valence-electron chi connectivity index (χ4n) is 18.9. The number of ether oxygens (including phenoxy) is 1. The Morgan fingerprint density at radius 2 is 1.29 bits per heavy atom. The molecule has 4 aliphatic heterocycles. The Kier molecular flexibility index (Phi) is 29.8. The number of nitrogens with one attached hydrogen (secondary N) is 3. The summed E-state index contributed by atoms with van der Waals surface area (Å²) in [6.07, 6.45) is -3.43. The van der Waals surface area contributed by atoms with Crippen LogP contribution in [0.5, 0.6) is 0 Å². The fourth-order valence-corrected chi connectivity index (χ4v) is 18.9. The summed E-state index contributed by atoms with van der Waals surface area (Å²) < 4.78 is 79.1. The second kappa shape index (κ2) is 37.1.